The molecule has 2 rings (SSSR count). The maximum atomic E-state index is 5.95. The maximum Gasteiger partial charge on any atom is 0.244 e. The Balaban J connectivity index is 2.09. The first-order valence-corrected chi connectivity index (χ1v) is 7.26. The molecule has 7 N–H and O–H groups in total. The Labute approximate surface area is 135 Å². The zero-order valence-electron chi connectivity index (χ0n) is 13.6. The summed E-state index contributed by atoms with van der Waals surface area (Å²) < 4.78 is 5.36. The molecule has 23 heavy (non-hydrogen) atoms. The van der Waals surface area contributed by atoms with Gasteiger partial charge in [-0.3, -0.25) is 11.1 Å². The smallest absolute Gasteiger partial charge is 0.244 e. The van der Waals surface area contributed by atoms with Crippen LogP contribution in [-0.2, 0) is 0 Å². The summed E-state index contributed by atoms with van der Waals surface area (Å²) in [6.45, 7) is 4.05. The number of hydrogen-bond acceptors (Lipinski definition) is 4. The van der Waals surface area contributed by atoms with E-state index in [2.05, 4.69) is 15.3 Å². The second-order valence-electron chi connectivity index (χ2n) is 5.19. The van der Waals surface area contributed by atoms with Crippen molar-refractivity contribution in [3.63, 3.8) is 0 Å². The summed E-state index contributed by atoms with van der Waals surface area (Å²) >= 11 is 0. The number of aliphatic imine (C=N–C) groups is 1. The van der Waals surface area contributed by atoms with Crippen LogP contribution in [0, 0.1) is 13.8 Å². The molecule has 0 saturated heterocycles. The fourth-order valence-electron chi connectivity index (χ4n) is 2.07. The molecule has 0 aliphatic rings. The lowest BCUT2D eigenvalue weighted by molar-refractivity contribution is -0.611. The number of ether oxygens (including phenoxy) is 1. The Morgan fingerprint density at radius 1 is 1.30 bits per heavy atom. The minimum atomic E-state index is -0.588. The molecule has 0 aliphatic carbocycles. The van der Waals surface area contributed by atoms with Crippen molar-refractivity contribution in [2.45, 2.75) is 20.1 Å². The Morgan fingerprint density at radius 2 is 2.04 bits per heavy atom. The molecule has 7 nitrogen and oxygen atoms in total. The molecule has 122 valence electrons. The number of benzene rings is 1. The molecule has 1 atom stereocenters. The van der Waals surface area contributed by atoms with Gasteiger partial charge in [0.15, 0.2) is 5.96 Å². The second-order valence-corrected chi connectivity index (χ2v) is 5.19. The molecule has 0 radical (unpaired) electrons. The second kappa shape index (κ2) is 7.57. The van der Waals surface area contributed by atoms with Crippen LogP contribution in [-0.4, -0.2) is 24.3 Å². The SMILES string of the molecule is COc1cc(C)c(C)cc1NC(N)=NC(N)[NH2+]c1ccccn1. The molecule has 7 heteroatoms. The number of rotatable bonds is 5. The van der Waals surface area contributed by atoms with E-state index in [0.717, 1.165) is 22.6 Å². The third kappa shape index (κ3) is 4.67. The average Bonchev–Trinajstić information content (AvgIpc) is 2.51. The Kier molecular flexibility index (Phi) is 5.51. The van der Waals surface area contributed by atoms with Crippen LogP contribution in [0.2, 0.25) is 0 Å². The lowest BCUT2D eigenvalue weighted by Crippen LogP contribution is -2.87. The van der Waals surface area contributed by atoms with E-state index < -0.39 is 6.29 Å². The van der Waals surface area contributed by atoms with E-state index in [1.54, 1.807) is 18.6 Å². The van der Waals surface area contributed by atoms with Gasteiger partial charge >= 0.3 is 0 Å². The van der Waals surface area contributed by atoms with E-state index in [9.17, 15) is 0 Å². The highest BCUT2D eigenvalue weighted by atomic mass is 16.5. The van der Waals surface area contributed by atoms with Gasteiger partial charge in [0, 0.05) is 12.3 Å². The van der Waals surface area contributed by atoms with Gasteiger partial charge in [-0.25, -0.2) is 4.98 Å². The summed E-state index contributed by atoms with van der Waals surface area (Å²) in [4.78, 5) is 8.38. The lowest BCUT2D eigenvalue weighted by Gasteiger charge is -2.14. The molecule has 0 aliphatic heterocycles. The highest BCUT2D eigenvalue weighted by Gasteiger charge is 2.10. The van der Waals surface area contributed by atoms with Gasteiger partial charge in [-0.05, 0) is 43.2 Å². The highest BCUT2D eigenvalue weighted by Crippen LogP contribution is 2.27. The number of nitrogens with one attached hydrogen (secondary N) is 1. The van der Waals surface area contributed by atoms with E-state index in [1.165, 1.54) is 0 Å². The third-order valence-corrected chi connectivity index (χ3v) is 3.40. The summed E-state index contributed by atoms with van der Waals surface area (Å²) in [5.74, 6) is 1.67. The van der Waals surface area contributed by atoms with Crippen LogP contribution in [0.25, 0.3) is 0 Å². The van der Waals surface area contributed by atoms with Crippen LogP contribution < -0.4 is 26.8 Å². The van der Waals surface area contributed by atoms with Gasteiger partial charge in [0.25, 0.3) is 0 Å². The topological polar surface area (TPSA) is 115 Å². The van der Waals surface area contributed by atoms with Crippen LogP contribution in [0.1, 0.15) is 11.1 Å². The van der Waals surface area contributed by atoms with Crippen molar-refractivity contribution in [2.75, 3.05) is 12.4 Å². The van der Waals surface area contributed by atoms with Gasteiger partial charge in [-0.2, -0.15) is 4.99 Å². The summed E-state index contributed by atoms with van der Waals surface area (Å²) in [7, 11) is 1.61. The molecule has 1 aromatic carbocycles. The maximum absolute atomic E-state index is 5.95. The van der Waals surface area contributed by atoms with Gasteiger partial charge in [-0.1, -0.05) is 6.07 Å². The predicted octanol–water partition coefficient (Wildman–Crippen LogP) is 0.571. The third-order valence-electron chi connectivity index (χ3n) is 3.40. The molecule has 0 amide bonds. The zero-order valence-corrected chi connectivity index (χ0v) is 13.6. The Bertz CT molecular complexity index is 686. The van der Waals surface area contributed by atoms with Crippen molar-refractivity contribution >= 4 is 17.5 Å². The Morgan fingerprint density at radius 3 is 2.70 bits per heavy atom. The fourth-order valence-corrected chi connectivity index (χ4v) is 2.07. The quantitative estimate of drug-likeness (QED) is 0.366. The molecule has 1 unspecified atom stereocenters. The highest BCUT2D eigenvalue weighted by molar-refractivity contribution is 5.94. The summed E-state index contributed by atoms with van der Waals surface area (Å²) in [5.41, 5.74) is 14.9. The van der Waals surface area contributed by atoms with Gasteiger partial charge < -0.3 is 15.8 Å². The minimum Gasteiger partial charge on any atom is -0.495 e. The van der Waals surface area contributed by atoms with Crippen molar-refractivity contribution in [1.29, 1.82) is 0 Å². The first-order valence-electron chi connectivity index (χ1n) is 7.26. The van der Waals surface area contributed by atoms with Crippen molar-refractivity contribution in [3.8, 4) is 5.75 Å². The molecule has 0 saturated carbocycles. The summed E-state index contributed by atoms with van der Waals surface area (Å²) in [6, 6.07) is 9.49. The summed E-state index contributed by atoms with van der Waals surface area (Å²) in [5, 5.41) is 4.76. The van der Waals surface area contributed by atoms with Crippen molar-refractivity contribution in [1.82, 2.24) is 4.98 Å². The monoisotopic (exact) mass is 315 g/mol. The standard InChI is InChI=1S/C16H22N6O/c1-10-8-12(13(23-3)9-11(10)2)20-15(17)22-16(18)21-14-6-4-5-7-19-14/h4-9,16H,18H2,1-3H3,(H,19,21)(H3,17,20,22)/p+1. The normalized spacial score (nSPS) is 12.8. The minimum absolute atomic E-state index is 0.214. The number of guanidine groups is 1. The van der Waals surface area contributed by atoms with E-state index in [0.29, 0.717) is 5.75 Å². The van der Waals surface area contributed by atoms with E-state index in [4.69, 9.17) is 16.2 Å². The van der Waals surface area contributed by atoms with E-state index in [1.807, 2.05) is 44.2 Å². The predicted molar refractivity (Wildman–Crippen MR) is 91.5 cm³/mol. The number of nitrogens with zero attached hydrogens (tertiary/aromatic N) is 2. The molecule has 0 spiro atoms. The molecular formula is C16H23N6O+. The number of aryl methyl sites for hydroxylation is 2. The summed E-state index contributed by atoms with van der Waals surface area (Å²) in [6.07, 6.45) is 1.11. The van der Waals surface area contributed by atoms with Gasteiger partial charge in [0.05, 0.1) is 12.8 Å². The van der Waals surface area contributed by atoms with E-state index >= 15 is 0 Å². The van der Waals surface area contributed by atoms with Crippen LogP contribution in [0.4, 0.5) is 11.5 Å². The van der Waals surface area contributed by atoms with Crippen molar-refractivity contribution in [2.24, 2.45) is 16.5 Å². The molecular weight excluding hydrogens is 292 g/mol. The molecule has 0 bridgehead atoms. The van der Waals surface area contributed by atoms with Crippen LogP contribution in [0.15, 0.2) is 41.5 Å². The largest absolute Gasteiger partial charge is 0.495 e. The van der Waals surface area contributed by atoms with Gasteiger partial charge in [0.1, 0.15) is 5.75 Å². The number of aromatic nitrogens is 1. The number of pyridine rings is 1. The van der Waals surface area contributed by atoms with Crippen LogP contribution in [0.3, 0.4) is 0 Å². The number of anilines is 1. The first-order chi connectivity index (χ1) is 11.0. The van der Waals surface area contributed by atoms with Crippen molar-refractivity contribution < 1.29 is 10.1 Å². The molecule has 2 aromatic rings. The first kappa shape index (κ1) is 16.7. The fraction of sp³-hybridized carbons (Fsp3) is 0.250. The molecule has 1 aromatic heterocycles. The molecule has 1 heterocycles. The van der Waals surface area contributed by atoms with E-state index in [-0.39, 0.29) is 5.96 Å². The zero-order chi connectivity index (χ0) is 16.8. The number of methoxy groups -OCH3 is 1. The number of quaternary nitrogens is 1. The molecule has 0 fully saturated rings. The van der Waals surface area contributed by atoms with Gasteiger partial charge in [0.2, 0.25) is 12.1 Å². The lowest BCUT2D eigenvalue weighted by atomic mass is 10.1. The average molecular weight is 315 g/mol. The van der Waals surface area contributed by atoms with Crippen LogP contribution in [0.5, 0.6) is 5.75 Å². The van der Waals surface area contributed by atoms with Gasteiger partial charge in [-0.15, -0.1) is 0 Å². The Hall–Kier alpha value is -2.64. The number of nitrogens with two attached hydrogens (primary N) is 3. The van der Waals surface area contributed by atoms with Crippen molar-refractivity contribution in [3.05, 3.63) is 47.7 Å². The number of hydrogen-bond donors (Lipinski definition) is 4. The van der Waals surface area contributed by atoms with Crippen LogP contribution >= 0.6 is 0 Å².